The lowest BCUT2D eigenvalue weighted by molar-refractivity contribution is -0.203. The van der Waals surface area contributed by atoms with Gasteiger partial charge in [0.05, 0.1) is 6.61 Å². The van der Waals surface area contributed by atoms with Gasteiger partial charge in [-0.3, -0.25) is 10.2 Å². The topological polar surface area (TPSA) is 41.6 Å². The van der Waals surface area contributed by atoms with Crippen molar-refractivity contribution >= 4 is 16.7 Å². The van der Waals surface area contributed by atoms with Crippen molar-refractivity contribution in [1.29, 1.82) is 0 Å². The predicted molar refractivity (Wildman–Crippen MR) is 97.2 cm³/mol. The van der Waals surface area contributed by atoms with Gasteiger partial charge in [0.2, 0.25) is 5.91 Å². The first-order valence-electron chi connectivity index (χ1n) is 8.94. The molecule has 2 aromatic carbocycles. The molecule has 27 heavy (non-hydrogen) atoms. The number of benzene rings is 2. The van der Waals surface area contributed by atoms with Gasteiger partial charge in [-0.2, -0.15) is 18.2 Å². The molecule has 2 aromatic rings. The summed E-state index contributed by atoms with van der Waals surface area (Å²) >= 11 is 0. The molecule has 4 nitrogen and oxygen atoms in total. The van der Waals surface area contributed by atoms with Crippen molar-refractivity contribution in [3.05, 3.63) is 42.0 Å². The Bertz CT molecular complexity index is 849. The average Bonchev–Trinajstić information content (AvgIpc) is 2.84. The molecule has 1 amide bonds. The molecule has 3 rings (SSSR count). The molecule has 1 aliphatic heterocycles. The molecule has 7 heteroatoms. The third-order valence-electron chi connectivity index (χ3n) is 4.71. The highest BCUT2D eigenvalue weighted by Gasteiger charge is 2.53. The normalized spacial score (nSPS) is 18.5. The van der Waals surface area contributed by atoms with Crippen molar-refractivity contribution in [2.45, 2.75) is 51.4 Å². The molecule has 0 bridgehead atoms. The fraction of sp³-hybridized carbons (Fsp3) is 0.450. The molecule has 146 valence electrons. The summed E-state index contributed by atoms with van der Waals surface area (Å²) in [6.45, 7) is 5.71. The smallest absolute Gasteiger partial charge is 0.409 e. The van der Waals surface area contributed by atoms with Crippen molar-refractivity contribution in [2.75, 3.05) is 6.61 Å². The Morgan fingerprint density at radius 2 is 2.00 bits per heavy atom. The zero-order chi connectivity index (χ0) is 19.8. The van der Waals surface area contributed by atoms with E-state index in [9.17, 15) is 18.0 Å². The summed E-state index contributed by atoms with van der Waals surface area (Å²) in [5.41, 5.74) is 1.54. The summed E-state index contributed by atoms with van der Waals surface area (Å²) in [4.78, 5) is 11.8. The minimum Gasteiger partial charge on any atom is -0.494 e. The van der Waals surface area contributed by atoms with E-state index >= 15 is 0 Å². The van der Waals surface area contributed by atoms with E-state index in [1.807, 2.05) is 6.92 Å². The van der Waals surface area contributed by atoms with Crippen LogP contribution in [0.2, 0.25) is 0 Å². The molecule has 0 aromatic heterocycles. The summed E-state index contributed by atoms with van der Waals surface area (Å²) in [5, 5.41) is 2.18. The second-order valence-corrected chi connectivity index (χ2v) is 7.42. The Morgan fingerprint density at radius 1 is 1.26 bits per heavy atom. The number of hydrogen-bond acceptors (Lipinski definition) is 3. The Kier molecular flexibility index (Phi) is 5.08. The van der Waals surface area contributed by atoms with Crippen LogP contribution < -0.4 is 10.2 Å². The van der Waals surface area contributed by atoms with Crippen molar-refractivity contribution in [1.82, 2.24) is 10.4 Å². The monoisotopic (exact) mass is 380 g/mol. The van der Waals surface area contributed by atoms with Crippen molar-refractivity contribution in [3.63, 3.8) is 0 Å². The average molecular weight is 380 g/mol. The first-order chi connectivity index (χ1) is 12.6. The fourth-order valence-electron chi connectivity index (χ4n) is 3.50. The first-order valence-corrected chi connectivity index (χ1v) is 8.94. The maximum Gasteiger partial charge on any atom is 0.409 e. The van der Waals surface area contributed by atoms with Crippen LogP contribution in [-0.2, 0) is 4.79 Å². The first kappa shape index (κ1) is 19.5. The van der Waals surface area contributed by atoms with Gasteiger partial charge >= 0.3 is 6.18 Å². The summed E-state index contributed by atoms with van der Waals surface area (Å²) < 4.78 is 48.0. The van der Waals surface area contributed by atoms with Crippen LogP contribution in [0.25, 0.3) is 10.8 Å². The molecule has 0 spiro atoms. The quantitative estimate of drug-likeness (QED) is 0.814. The number of alkyl halides is 3. The van der Waals surface area contributed by atoms with Gasteiger partial charge in [-0.1, -0.05) is 31.2 Å². The van der Waals surface area contributed by atoms with E-state index in [2.05, 4.69) is 5.43 Å². The molecule has 1 unspecified atom stereocenters. The summed E-state index contributed by atoms with van der Waals surface area (Å²) in [6, 6.07) is 8.03. The largest absolute Gasteiger partial charge is 0.494 e. The molecule has 0 aliphatic carbocycles. The van der Waals surface area contributed by atoms with Crippen LogP contribution in [0.3, 0.4) is 0 Å². The zero-order valence-corrected chi connectivity index (χ0v) is 15.6. The van der Waals surface area contributed by atoms with Crippen LogP contribution >= 0.6 is 0 Å². The number of rotatable bonds is 5. The Morgan fingerprint density at radius 3 is 2.59 bits per heavy atom. The summed E-state index contributed by atoms with van der Waals surface area (Å²) in [6.07, 6.45) is -3.75. The van der Waals surface area contributed by atoms with E-state index in [0.717, 1.165) is 11.4 Å². The van der Waals surface area contributed by atoms with Crippen LogP contribution in [0.5, 0.6) is 5.75 Å². The maximum atomic E-state index is 14.1. The summed E-state index contributed by atoms with van der Waals surface area (Å²) in [7, 11) is 0. The lowest BCUT2D eigenvalue weighted by Crippen LogP contribution is -2.51. The van der Waals surface area contributed by atoms with Gasteiger partial charge in [0.1, 0.15) is 5.75 Å². The molecule has 1 saturated heterocycles. The molecule has 0 saturated carbocycles. The molecule has 1 heterocycles. The number of nitrogens with one attached hydrogen (secondary N) is 1. The lowest BCUT2D eigenvalue weighted by Gasteiger charge is -2.38. The van der Waals surface area contributed by atoms with Crippen molar-refractivity contribution in [3.8, 4) is 5.75 Å². The maximum absolute atomic E-state index is 14.1. The van der Waals surface area contributed by atoms with Crippen LogP contribution in [0.1, 0.15) is 45.2 Å². The van der Waals surface area contributed by atoms with Crippen LogP contribution in [-0.4, -0.2) is 29.2 Å². The van der Waals surface area contributed by atoms with Gasteiger partial charge in [-0.05, 0) is 48.7 Å². The fourth-order valence-corrected chi connectivity index (χ4v) is 3.50. The van der Waals surface area contributed by atoms with Crippen LogP contribution in [0.15, 0.2) is 36.4 Å². The third kappa shape index (κ3) is 3.88. The van der Waals surface area contributed by atoms with Gasteiger partial charge < -0.3 is 4.74 Å². The van der Waals surface area contributed by atoms with Gasteiger partial charge in [0.25, 0.3) is 0 Å². The standard InChI is InChI=1S/C20H23F3N2O2/c1-4-10-27-14-9-8-13-6-5-7-15(16(13)11-14)18(20(21,22)23)25-19(2,3)12-17(26)24-25/h5-9,11,18H,4,10,12H2,1-3H3,(H,24,26). The van der Waals surface area contributed by atoms with E-state index in [4.69, 9.17) is 4.74 Å². The Labute approximate surface area is 156 Å². The zero-order valence-electron chi connectivity index (χ0n) is 15.6. The number of amides is 1. The number of ether oxygens (including phenoxy) is 1. The van der Waals surface area contributed by atoms with Gasteiger partial charge in [-0.15, -0.1) is 0 Å². The highest BCUT2D eigenvalue weighted by molar-refractivity contribution is 5.88. The number of nitrogens with zero attached hydrogens (tertiary/aromatic N) is 1. The molecule has 0 radical (unpaired) electrons. The minimum absolute atomic E-state index is 0.00913. The lowest BCUT2D eigenvalue weighted by atomic mass is 9.93. The van der Waals surface area contributed by atoms with Gasteiger partial charge in [-0.25, -0.2) is 0 Å². The number of carbonyl (C=O) groups is 1. The number of hydrogen-bond donors (Lipinski definition) is 1. The van der Waals surface area contributed by atoms with E-state index in [0.29, 0.717) is 23.1 Å². The highest BCUT2D eigenvalue weighted by Crippen LogP contribution is 2.45. The van der Waals surface area contributed by atoms with E-state index < -0.39 is 23.7 Å². The second-order valence-electron chi connectivity index (χ2n) is 7.42. The molecule has 1 aliphatic rings. The van der Waals surface area contributed by atoms with E-state index in [1.54, 1.807) is 44.2 Å². The van der Waals surface area contributed by atoms with Gasteiger partial charge in [0.15, 0.2) is 6.04 Å². The molecule has 1 atom stereocenters. The Hall–Kier alpha value is -2.28. The van der Waals surface area contributed by atoms with E-state index in [-0.39, 0.29) is 12.0 Å². The molecule has 1 N–H and O–H groups in total. The van der Waals surface area contributed by atoms with E-state index in [1.165, 1.54) is 6.07 Å². The number of fused-ring (bicyclic) bond motifs is 1. The highest BCUT2D eigenvalue weighted by atomic mass is 19.4. The molecule has 1 fully saturated rings. The van der Waals surface area contributed by atoms with Crippen LogP contribution in [0.4, 0.5) is 13.2 Å². The number of halogens is 3. The number of carbonyl (C=O) groups excluding carboxylic acids is 1. The SMILES string of the molecule is CCCOc1ccc2cccc(C(N3NC(=O)CC3(C)C)C(F)(F)F)c2c1. The predicted octanol–water partition coefficient (Wildman–Crippen LogP) is 4.75. The Balaban J connectivity index is 2.14. The van der Waals surface area contributed by atoms with Crippen LogP contribution in [0, 0.1) is 0 Å². The minimum atomic E-state index is -4.57. The summed E-state index contributed by atoms with van der Waals surface area (Å²) in [5.74, 6) is 0.115. The van der Waals surface area contributed by atoms with Crippen molar-refractivity contribution in [2.24, 2.45) is 0 Å². The van der Waals surface area contributed by atoms with Crippen molar-refractivity contribution < 1.29 is 22.7 Å². The molecular weight excluding hydrogens is 357 g/mol. The third-order valence-corrected chi connectivity index (χ3v) is 4.71. The number of hydrazine groups is 1. The second kappa shape index (κ2) is 7.03. The van der Waals surface area contributed by atoms with Gasteiger partial charge in [0, 0.05) is 12.0 Å². The molecular formula is C20H23F3N2O2.